The van der Waals surface area contributed by atoms with E-state index in [4.69, 9.17) is 5.84 Å². The molecule has 0 aliphatic rings. The Hall–Kier alpha value is -1.35. The average molecular weight is 205 g/mol. The van der Waals surface area contributed by atoms with Gasteiger partial charge in [0.1, 0.15) is 5.84 Å². The lowest BCUT2D eigenvalue weighted by atomic mass is 9.92. The van der Waals surface area contributed by atoms with Crippen molar-refractivity contribution in [1.29, 1.82) is 0 Å². The number of nitrogens with two attached hydrogens (primary N) is 1. The predicted molar refractivity (Wildman–Crippen MR) is 64.9 cm³/mol. The van der Waals surface area contributed by atoms with E-state index in [1.54, 1.807) is 0 Å². The molecule has 0 amide bonds. The second kappa shape index (κ2) is 4.94. The van der Waals surface area contributed by atoms with Crippen LogP contribution in [0.5, 0.6) is 0 Å². The van der Waals surface area contributed by atoms with Gasteiger partial charge in [0.2, 0.25) is 0 Å². The molecule has 3 heteroatoms. The Labute approximate surface area is 91.4 Å². The fraction of sp³-hybridized carbons (Fsp3) is 0.417. The van der Waals surface area contributed by atoms with Crippen LogP contribution in [0.3, 0.4) is 0 Å². The van der Waals surface area contributed by atoms with E-state index >= 15 is 0 Å². The summed E-state index contributed by atoms with van der Waals surface area (Å²) in [7, 11) is 0. The molecule has 15 heavy (non-hydrogen) atoms. The van der Waals surface area contributed by atoms with Gasteiger partial charge in [-0.2, -0.15) is 0 Å². The molecule has 82 valence electrons. The molecule has 0 saturated carbocycles. The summed E-state index contributed by atoms with van der Waals surface area (Å²) in [6, 6.07) is 9.81. The first-order valence-corrected chi connectivity index (χ1v) is 5.10. The lowest BCUT2D eigenvalue weighted by Gasteiger charge is -2.18. The van der Waals surface area contributed by atoms with E-state index in [-0.39, 0.29) is 5.41 Å². The Morgan fingerprint density at radius 3 is 2.33 bits per heavy atom. The summed E-state index contributed by atoms with van der Waals surface area (Å²) in [6.45, 7) is 6.47. The molecule has 3 N–H and O–H groups in total. The molecule has 0 saturated heterocycles. The topological polar surface area (TPSA) is 50.4 Å². The molecular formula is C12H19N3. The Morgan fingerprint density at radius 1 is 1.27 bits per heavy atom. The number of hydrazine groups is 1. The fourth-order valence-electron chi connectivity index (χ4n) is 1.28. The van der Waals surface area contributed by atoms with Crippen LogP contribution in [0.1, 0.15) is 27.2 Å². The minimum absolute atomic E-state index is 0.181. The molecular weight excluding hydrogens is 186 g/mol. The van der Waals surface area contributed by atoms with Crippen molar-refractivity contribution in [3.05, 3.63) is 30.3 Å². The summed E-state index contributed by atoms with van der Waals surface area (Å²) in [4.78, 5) is 4.44. The third kappa shape index (κ3) is 4.61. The van der Waals surface area contributed by atoms with Gasteiger partial charge in [0, 0.05) is 6.42 Å². The Bertz CT molecular complexity index is 322. The van der Waals surface area contributed by atoms with E-state index in [0.717, 1.165) is 17.9 Å². The number of nitrogens with one attached hydrogen (secondary N) is 1. The lowest BCUT2D eigenvalue weighted by Crippen LogP contribution is -2.33. The summed E-state index contributed by atoms with van der Waals surface area (Å²) in [5.74, 6) is 6.26. The zero-order chi connectivity index (χ0) is 11.3. The Balaban J connectivity index is 2.79. The summed E-state index contributed by atoms with van der Waals surface area (Å²) in [5, 5.41) is 0. The largest absolute Gasteiger partial charge is 0.312 e. The number of rotatable bonds is 2. The molecule has 0 fully saturated rings. The van der Waals surface area contributed by atoms with Crippen LogP contribution in [0.4, 0.5) is 5.69 Å². The highest BCUT2D eigenvalue weighted by molar-refractivity contribution is 5.84. The second-order valence-corrected chi connectivity index (χ2v) is 4.78. The molecule has 0 heterocycles. The van der Waals surface area contributed by atoms with Crippen molar-refractivity contribution in [2.24, 2.45) is 16.3 Å². The number of aliphatic imine (C=N–C) groups is 1. The monoisotopic (exact) mass is 205 g/mol. The van der Waals surface area contributed by atoms with Crippen LogP contribution in [-0.4, -0.2) is 5.84 Å². The highest BCUT2D eigenvalue weighted by atomic mass is 15.2. The van der Waals surface area contributed by atoms with Gasteiger partial charge in [-0.05, 0) is 17.5 Å². The highest BCUT2D eigenvalue weighted by Gasteiger charge is 2.13. The Kier molecular flexibility index (Phi) is 3.86. The van der Waals surface area contributed by atoms with Crippen LogP contribution in [0.15, 0.2) is 35.3 Å². The summed E-state index contributed by atoms with van der Waals surface area (Å²) >= 11 is 0. The van der Waals surface area contributed by atoms with Gasteiger partial charge in [0.05, 0.1) is 5.69 Å². The smallest absolute Gasteiger partial charge is 0.117 e. The third-order valence-electron chi connectivity index (χ3n) is 1.88. The molecule has 1 aromatic carbocycles. The first-order chi connectivity index (χ1) is 7.01. The van der Waals surface area contributed by atoms with E-state index < -0.39 is 0 Å². The number of benzene rings is 1. The molecule has 0 unspecified atom stereocenters. The molecule has 0 bridgehead atoms. The van der Waals surface area contributed by atoms with Crippen molar-refractivity contribution in [3.63, 3.8) is 0 Å². The molecule has 0 aromatic heterocycles. The number of nitrogens with zero attached hydrogens (tertiary/aromatic N) is 1. The van der Waals surface area contributed by atoms with Gasteiger partial charge in [-0.15, -0.1) is 0 Å². The molecule has 0 atom stereocenters. The van der Waals surface area contributed by atoms with Crippen LogP contribution >= 0.6 is 0 Å². The molecule has 0 radical (unpaired) electrons. The van der Waals surface area contributed by atoms with E-state index in [2.05, 4.69) is 31.2 Å². The van der Waals surface area contributed by atoms with Gasteiger partial charge < -0.3 is 5.43 Å². The molecule has 0 aliphatic heterocycles. The summed E-state index contributed by atoms with van der Waals surface area (Å²) < 4.78 is 0. The quantitative estimate of drug-likeness (QED) is 0.337. The van der Waals surface area contributed by atoms with Crippen LogP contribution in [0.25, 0.3) is 0 Å². The van der Waals surface area contributed by atoms with Crippen molar-refractivity contribution < 1.29 is 0 Å². The minimum Gasteiger partial charge on any atom is -0.312 e. The standard InChI is InChI=1S/C12H19N3/c1-12(2,3)9-11(15-13)14-10-7-5-4-6-8-10/h4-8H,9,13H2,1-3H3,(H,14,15). The van der Waals surface area contributed by atoms with E-state index in [1.807, 2.05) is 30.3 Å². The first kappa shape index (κ1) is 11.7. The zero-order valence-corrected chi connectivity index (χ0v) is 9.62. The van der Waals surface area contributed by atoms with Crippen molar-refractivity contribution in [2.45, 2.75) is 27.2 Å². The molecule has 1 rings (SSSR count). The van der Waals surface area contributed by atoms with Gasteiger partial charge in [-0.3, -0.25) is 0 Å². The minimum atomic E-state index is 0.181. The number of hydrogen-bond acceptors (Lipinski definition) is 2. The van der Waals surface area contributed by atoms with E-state index in [0.29, 0.717) is 0 Å². The maximum absolute atomic E-state index is 5.45. The molecule has 0 aliphatic carbocycles. The molecule has 3 nitrogen and oxygen atoms in total. The van der Waals surface area contributed by atoms with Crippen LogP contribution < -0.4 is 11.3 Å². The maximum Gasteiger partial charge on any atom is 0.117 e. The zero-order valence-electron chi connectivity index (χ0n) is 9.62. The maximum atomic E-state index is 5.45. The van der Waals surface area contributed by atoms with Gasteiger partial charge in [-0.25, -0.2) is 10.8 Å². The average Bonchev–Trinajstić information content (AvgIpc) is 2.16. The van der Waals surface area contributed by atoms with Crippen LogP contribution in [0.2, 0.25) is 0 Å². The highest BCUT2D eigenvalue weighted by Crippen LogP contribution is 2.20. The van der Waals surface area contributed by atoms with Gasteiger partial charge in [0.25, 0.3) is 0 Å². The predicted octanol–water partition coefficient (Wildman–Crippen LogP) is 2.62. The number of amidine groups is 1. The van der Waals surface area contributed by atoms with E-state index in [9.17, 15) is 0 Å². The number of hydrogen-bond donors (Lipinski definition) is 2. The van der Waals surface area contributed by atoms with Gasteiger partial charge in [0.15, 0.2) is 0 Å². The Morgan fingerprint density at radius 2 is 1.87 bits per heavy atom. The lowest BCUT2D eigenvalue weighted by molar-refractivity contribution is 0.429. The van der Waals surface area contributed by atoms with Gasteiger partial charge >= 0.3 is 0 Å². The van der Waals surface area contributed by atoms with Crippen molar-refractivity contribution in [3.8, 4) is 0 Å². The summed E-state index contributed by atoms with van der Waals surface area (Å²) in [6.07, 6.45) is 0.832. The van der Waals surface area contributed by atoms with Crippen molar-refractivity contribution in [2.75, 3.05) is 0 Å². The second-order valence-electron chi connectivity index (χ2n) is 4.78. The third-order valence-corrected chi connectivity index (χ3v) is 1.88. The van der Waals surface area contributed by atoms with Crippen molar-refractivity contribution >= 4 is 11.5 Å². The van der Waals surface area contributed by atoms with Crippen LogP contribution in [-0.2, 0) is 0 Å². The molecule has 0 spiro atoms. The van der Waals surface area contributed by atoms with Gasteiger partial charge in [-0.1, -0.05) is 39.0 Å². The van der Waals surface area contributed by atoms with Crippen LogP contribution in [0, 0.1) is 5.41 Å². The summed E-state index contributed by atoms with van der Waals surface area (Å²) in [5.41, 5.74) is 3.76. The van der Waals surface area contributed by atoms with E-state index in [1.165, 1.54) is 0 Å². The van der Waals surface area contributed by atoms with Crippen molar-refractivity contribution in [1.82, 2.24) is 5.43 Å². The first-order valence-electron chi connectivity index (χ1n) is 5.10. The SMILES string of the molecule is CC(C)(C)CC(=Nc1ccccc1)NN. The normalized spacial score (nSPS) is 12.7. The number of para-hydroxylation sites is 1. The molecule has 1 aromatic rings. The fourth-order valence-corrected chi connectivity index (χ4v) is 1.28.